The van der Waals surface area contributed by atoms with E-state index in [2.05, 4.69) is 10.1 Å². The maximum Gasteiger partial charge on any atom is 0.261 e. The molecule has 2 aromatic carbocycles. The van der Waals surface area contributed by atoms with E-state index in [1.54, 1.807) is 13.2 Å². The standard InChI is InChI=1S/C16H16N2O3/c1-20-8-4-7-15-17-16(21-18-15)13-9-11-5-2-3-6-12(11)10-14(13)19/h2-3,5-6,9-10,19H,4,7-8H2,1H3. The number of hydrogen-bond donors (Lipinski definition) is 1. The summed E-state index contributed by atoms with van der Waals surface area (Å²) in [5.74, 6) is 1.10. The molecule has 3 rings (SSSR count). The minimum Gasteiger partial charge on any atom is -0.507 e. The van der Waals surface area contributed by atoms with Crippen LogP contribution >= 0.6 is 0 Å². The quantitative estimate of drug-likeness (QED) is 0.729. The van der Waals surface area contributed by atoms with Crippen molar-refractivity contribution in [3.05, 3.63) is 42.2 Å². The van der Waals surface area contributed by atoms with Crippen LogP contribution in [0.1, 0.15) is 12.2 Å². The lowest BCUT2D eigenvalue weighted by atomic mass is 10.1. The fourth-order valence-electron chi connectivity index (χ4n) is 2.24. The first kappa shape index (κ1) is 13.6. The monoisotopic (exact) mass is 284 g/mol. The molecule has 0 saturated heterocycles. The van der Waals surface area contributed by atoms with Crippen LogP contribution < -0.4 is 0 Å². The molecule has 1 heterocycles. The Morgan fingerprint density at radius 3 is 2.71 bits per heavy atom. The Bertz CT molecular complexity index is 752. The Hall–Kier alpha value is -2.40. The molecule has 0 saturated carbocycles. The highest BCUT2D eigenvalue weighted by Crippen LogP contribution is 2.32. The minimum atomic E-state index is 0.140. The van der Waals surface area contributed by atoms with E-state index < -0.39 is 0 Å². The molecule has 5 heteroatoms. The van der Waals surface area contributed by atoms with Gasteiger partial charge in [0.2, 0.25) is 0 Å². The van der Waals surface area contributed by atoms with E-state index in [0.29, 0.717) is 30.3 Å². The number of phenolic OH excluding ortho intramolecular Hbond substituents is 1. The molecule has 0 aliphatic carbocycles. The van der Waals surface area contributed by atoms with Crippen molar-refractivity contribution in [2.75, 3.05) is 13.7 Å². The van der Waals surface area contributed by atoms with E-state index in [1.807, 2.05) is 30.3 Å². The van der Waals surface area contributed by atoms with Crippen molar-refractivity contribution in [1.29, 1.82) is 0 Å². The summed E-state index contributed by atoms with van der Waals surface area (Å²) < 4.78 is 10.2. The van der Waals surface area contributed by atoms with E-state index >= 15 is 0 Å². The van der Waals surface area contributed by atoms with E-state index in [0.717, 1.165) is 17.2 Å². The second-order valence-electron chi connectivity index (χ2n) is 4.83. The van der Waals surface area contributed by atoms with Gasteiger partial charge >= 0.3 is 0 Å². The molecule has 21 heavy (non-hydrogen) atoms. The van der Waals surface area contributed by atoms with Crippen LogP contribution in [0.5, 0.6) is 5.75 Å². The molecular weight excluding hydrogens is 268 g/mol. The predicted octanol–water partition coefficient (Wildman–Crippen LogP) is 3.17. The van der Waals surface area contributed by atoms with Crippen LogP contribution in [0.15, 0.2) is 40.9 Å². The SMILES string of the molecule is COCCCc1noc(-c2cc3ccccc3cc2O)n1. The zero-order valence-corrected chi connectivity index (χ0v) is 11.7. The highest BCUT2D eigenvalue weighted by Gasteiger charge is 2.13. The third-order valence-corrected chi connectivity index (χ3v) is 3.31. The number of ether oxygens (including phenoxy) is 1. The van der Waals surface area contributed by atoms with Gasteiger partial charge in [-0.15, -0.1) is 0 Å². The lowest BCUT2D eigenvalue weighted by molar-refractivity contribution is 0.194. The van der Waals surface area contributed by atoms with Crippen LogP contribution in [0.3, 0.4) is 0 Å². The summed E-state index contributed by atoms with van der Waals surface area (Å²) in [5.41, 5.74) is 0.555. The largest absolute Gasteiger partial charge is 0.507 e. The Kier molecular flexibility index (Phi) is 3.83. The molecular formula is C16H16N2O3. The molecule has 0 unspecified atom stereocenters. The highest BCUT2D eigenvalue weighted by molar-refractivity contribution is 5.89. The summed E-state index contributed by atoms with van der Waals surface area (Å²) in [4.78, 5) is 4.33. The number of hydrogen-bond acceptors (Lipinski definition) is 5. The summed E-state index contributed by atoms with van der Waals surface area (Å²) >= 11 is 0. The molecule has 0 bridgehead atoms. The lowest BCUT2D eigenvalue weighted by Crippen LogP contribution is -1.94. The molecule has 0 radical (unpaired) electrons. The van der Waals surface area contributed by atoms with Crippen LogP contribution in [0.25, 0.3) is 22.2 Å². The average Bonchev–Trinajstić information content (AvgIpc) is 2.95. The molecule has 0 aliphatic heterocycles. The summed E-state index contributed by atoms with van der Waals surface area (Å²) in [7, 11) is 1.66. The van der Waals surface area contributed by atoms with Gasteiger partial charge in [-0.05, 0) is 29.3 Å². The topological polar surface area (TPSA) is 68.4 Å². The van der Waals surface area contributed by atoms with Gasteiger partial charge in [0.25, 0.3) is 5.89 Å². The molecule has 1 N–H and O–H groups in total. The first-order valence-electron chi connectivity index (χ1n) is 6.81. The highest BCUT2D eigenvalue weighted by atomic mass is 16.5. The average molecular weight is 284 g/mol. The van der Waals surface area contributed by atoms with Gasteiger partial charge < -0.3 is 14.4 Å². The normalized spacial score (nSPS) is 11.1. The van der Waals surface area contributed by atoms with Gasteiger partial charge in [-0.25, -0.2) is 0 Å². The summed E-state index contributed by atoms with van der Waals surface area (Å²) in [6.45, 7) is 0.658. The zero-order chi connectivity index (χ0) is 14.7. The molecule has 0 aliphatic rings. The summed E-state index contributed by atoms with van der Waals surface area (Å²) in [6.07, 6.45) is 1.52. The molecule has 1 aromatic heterocycles. The van der Waals surface area contributed by atoms with Crippen LogP contribution in [0, 0.1) is 0 Å². The minimum absolute atomic E-state index is 0.140. The molecule has 0 atom stereocenters. The smallest absolute Gasteiger partial charge is 0.261 e. The van der Waals surface area contributed by atoms with Crippen LogP contribution in [0.2, 0.25) is 0 Å². The molecule has 0 fully saturated rings. The Morgan fingerprint density at radius 1 is 1.19 bits per heavy atom. The van der Waals surface area contributed by atoms with Crippen molar-refractivity contribution in [1.82, 2.24) is 10.1 Å². The first-order valence-corrected chi connectivity index (χ1v) is 6.81. The van der Waals surface area contributed by atoms with Gasteiger partial charge in [0.15, 0.2) is 5.82 Å². The number of aryl methyl sites for hydroxylation is 1. The number of nitrogens with zero attached hydrogens (tertiary/aromatic N) is 2. The van der Waals surface area contributed by atoms with Crippen molar-refractivity contribution in [2.45, 2.75) is 12.8 Å². The van der Waals surface area contributed by atoms with Crippen molar-refractivity contribution < 1.29 is 14.4 Å². The first-order chi connectivity index (χ1) is 10.3. The van der Waals surface area contributed by atoms with Gasteiger partial charge in [0.05, 0.1) is 5.56 Å². The van der Waals surface area contributed by atoms with Gasteiger partial charge in [0, 0.05) is 20.1 Å². The van der Waals surface area contributed by atoms with E-state index in [9.17, 15) is 5.11 Å². The third-order valence-electron chi connectivity index (χ3n) is 3.31. The Labute approximate surface area is 122 Å². The van der Waals surface area contributed by atoms with E-state index in [4.69, 9.17) is 9.26 Å². The fourth-order valence-corrected chi connectivity index (χ4v) is 2.24. The van der Waals surface area contributed by atoms with Gasteiger partial charge in [-0.3, -0.25) is 0 Å². The van der Waals surface area contributed by atoms with Crippen LogP contribution in [-0.4, -0.2) is 29.0 Å². The van der Waals surface area contributed by atoms with E-state index in [1.165, 1.54) is 0 Å². The second-order valence-corrected chi connectivity index (χ2v) is 4.83. The lowest BCUT2D eigenvalue weighted by Gasteiger charge is -2.02. The van der Waals surface area contributed by atoms with Crippen LogP contribution in [0.4, 0.5) is 0 Å². The second kappa shape index (κ2) is 5.93. The van der Waals surface area contributed by atoms with Crippen molar-refractivity contribution >= 4 is 10.8 Å². The number of rotatable bonds is 5. The van der Waals surface area contributed by atoms with Crippen molar-refractivity contribution in [2.24, 2.45) is 0 Å². The van der Waals surface area contributed by atoms with Crippen LogP contribution in [-0.2, 0) is 11.2 Å². The zero-order valence-electron chi connectivity index (χ0n) is 11.7. The van der Waals surface area contributed by atoms with Gasteiger partial charge in [0.1, 0.15) is 5.75 Å². The number of fused-ring (bicyclic) bond motifs is 1. The molecule has 3 aromatic rings. The number of benzene rings is 2. The van der Waals surface area contributed by atoms with Gasteiger partial charge in [-0.1, -0.05) is 29.4 Å². The van der Waals surface area contributed by atoms with Crippen molar-refractivity contribution in [3.63, 3.8) is 0 Å². The number of aromatic hydroxyl groups is 1. The molecule has 108 valence electrons. The van der Waals surface area contributed by atoms with E-state index in [-0.39, 0.29) is 5.75 Å². The molecule has 5 nitrogen and oxygen atoms in total. The number of phenols is 1. The molecule has 0 spiro atoms. The molecule has 0 amide bonds. The van der Waals surface area contributed by atoms with Gasteiger partial charge in [-0.2, -0.15) is 4.98 Å². The maximum absolute atomic E-state index is 10.1. The summed E-state index contributed by atoms with van der Waals surface area (Å²) in [6, 6.07) is 11.4. The Morgan fingerprint density at radius 2 is 1.95 bits per heavy atom. The summed E-state index contributed by atoms with van der Waals surface area (Å²) in [5, 5.41) is 16.1. The maximum atomic E-state index is 10.1. The fraction of sp³-hybridized carbons (Fsp3) is 0.250. The van der Waals surface area contributed by atoms with Crippen molar-refractivity contribution in [3.8, 4) is 17.2 Å². The number of aromatic nitrogens is 2. The Balaban J connectivity index is 1.91. The number of methoxy groups -OCH3 is 1. The predicted molar refractivity (Wildman–Crippen MR) is 79.1 cm³/mol. The third kappa shape index (κ3) is 2.87.